The molecule has 164 valence electrons. The molecule has 5 rings (SSSR count). The first-order valence-electron chi connectivity index (χ1n) is 11.1. The second-order valence-corrected chi connectivity index (χ2v) is 8.98. The van der Waals surface area contributed by atoms with Gasteiger partial charge in [0.1, 0.15) is 0 Å². The van der Waals surface area contributed by atoms with E-state index in [-0.39, 0.29) is 5.91 Å². The highest BCUT2D eigenvalue weighted by Crippen LogP contribution is 2.25. The van der Waals surface area contributed by atoms with Crippen LogP contribution in [0.1, 0.15) is 24.8 Å². The van der Waals surface area contributed by atoms with Gasteiger partial charge in [-0.1, -0.05) is 23.7 Å². The number of carbonyl (C=O) groups is 1. The maximum Gasteiger partial charge on any atom is 0.226 e. The largest absolute Gasteiger partial charge is 0.346 e. The summed E-state index contributed by atoms with van der Waals surface area (Å²) in [6.45, 7) is 2.59. The van der Waals surface area contributed by atoms with Gasteiger partial charge in [0, 0.05) is 42.6 Å². The fourth-order valence-electron chi connectivity index (χ4n) is 4.59. The van der Waals surface area contributed by atoms with E-state index in [2.05, 4.69) is 33.1 Å². The lowest BCUT2D eigenvalue weighted by Gasteiger charge is -2.21. The Hall–Kier alpha value is -3.12. The van der Waals surface area contributed by atoms with Crippen molar-refractivity contribution in [3.63, 3.8) is 0 Å². The molecule has 1 aliphatic heterocycles. The van der Waals surface area contributed by atoms with Gasteiger partial charge in [-0.25, -0.2) is 4.98 Å². The summed E-state index contributed by atoms with van der Waals surface area (Å²) in [5, 5.41) is 7.53. The first kappa shape index (κ1) is 20.8. The number of nitrogens with one attached hydrogen (secondary N) is 1. The first-order valence-corrected chi connectivity index (χ1v) is 11.5. The highest BCUT2D eigenvalue weighted by molar-refractivity contribution is 6.30. The molecule has 1 aliphatic rings. The third-order valence-electron chi connectivity index (χ3n) is 6.32. The molecule has 1 amide bonds. The first-order chi connectivity index (χ1) is 15.7. The molecule has 6 nitrogen and oxygen atoms in total. The van der Waals surface area contributed by atoms with Gasteiger partial charge in [0.25, 0.3) is 0 Å². The third-order valence-corrected chi connectivity index (χ3v) is 6.55. The van der Waals surface area contributed by atoms with E-state index in [4.69, 9.17) is 16.6 Å². The minimum Gasteiger partial charge on any atom is -0.346 e. The number of hydrogen-bond acceptors (Lipinski definition) is 3. The molecule has 1 fully saturated rings. The van der Waals surface area contributed by atoms with E-state index in [1.165, 1.54) is 0 Å². The molecule has 4 aromatic rings. The maximum absolute atomic E-state index is 12.8. The van der Waals surface area contributed by atoms with Crippen molar-refractivity contribution in [2.75, 3.05) is 13.1 Å². The van der Waals surface area contributed by atoms with Crippen LogP contribution in [0.25, 0.3) is 22.3 Å². The average molecular weight is 448 g/mol. The number of carbonyl (C=O) groups excluding carboxylic acids is 1. The Morgan fingerprint density at radius 2 is 2.09 bits per heavy atom. The van der Waals surface area contributed by atoms with Crippen molar-refractivity contribution in [2.45, 2.75) is 32.2 Å². The third kappa shape index (κ3) is 4.55. The number of pyridine rings is 1. The molecule has 3 aromatic heterocycles. The van der Waals surface area contributed by atoms with Gasteiger partial charge in [-0.2, -0.15) is 5.10 Å². The zero-order valence-electron chi connectivity index (χ0n) is 17.9. The monoisotopic (exact) mass is 447 g/mol. The Balaban J connectivity index is 1.22. The second-order valence-electron chi connectivity index (χ2n) is 8.54. The number of likely N-dealkylation sites (tertiary alicyclic amines) is 1. The molecule has 32 heavy (non-hydrogen) atoms. The number of benzene rings is 1. The Kier molecular flexibility index (Phi) is 5.95. The Bertz CT molecular complexity index is 1220. The summed E-state index contributed by atoms with van der Waals surface area (Å²) in [5.74, 6) is 0.735. The maximum atomic E-state index is 12.8. The van der Waals surface area contributed by atoms with Crippen molar-refractivity contribution in [2.24, 2.45) is 5.92 Å². The average Bonchev–Trinajstić information content (AvgIpc) is 3.40. The Labute approximate surface area is 192 Å². The van der Waals surface area contributed by atoms with Gasteiger partial charge >= 0.3 is 0 Å². The normalized spacial score (nSPS) is 16.9. The molecule has 0 saturated carbocycles. The van der Waals surface area contributed by atoms with Crippen LogP contribution >= 0.6 is 11.6 Å². The number of fused-ring (bicyclic) bond motifs is 1. The fourth-order valence-corrected chi connectivity index (χ4v) is 4.81. The molecule has 4 heterocycles. The minimum absolute atomic E-state index is 0.190. The van der Waals surface area contributed by atoms with E-state index in [0.717, 1.165) is 66.8 Å². The lowest BCUT2D eigenvalue weighted by Crippen LogP contribution is -2.33. The lowest BCUT2D eigenvalue weighted by atomic mass is 10.0. The zero-order chi connectivity index (χ0) is 21.9. The SMILES string of the molecule is O=C(Cc1cccc(Cl)c1)N1CCCC(Cn2ccc3nc(-c4cn[nH]c4)ccc32)CC1. The summed E-state index contributed by atoms with van der Waals surface area (Å²) < 4.78 is 2.30. The quantitative estimate of drug-likeness (QED) is 0.470. The number of H-pyrrole nitrogens is 1. The number of aromatic nitrogens is 4. The molecule has 7 heteroatoms. The van der Waals surface area contributed by atoms with Crippen LogP contribution in [0.2, 0.25) is 5.02 Å². The summed E-state index contributed by atoms with van der Waals surface area (Å²) in [6.07, 6.45) is 9.37. The zero-order valence-corrected chi connectivity index (χ0v) is 18.6. The highest BCUT2D eigenvalue weighted by atomic mass is 35.5. The van der Waals surface area contributed by atoms with Crippen LogP contribution in [0.4, 0.5) is 0 Å². The van der Waals surface area contributed by atoms with Gasteiger partial charge in [0.2, 0.25) is 5.91 Å². The molecule has 0 bridgehead atoms. The lowest BCUT2D eigenvalue weighted by molar-refractivity contribution is -0.130. The Morgan fingerprint density at radius 1 is 1.16 bits per heavy atom. The van der Waals surface area contributed by atoms with Crippen molar-refractivity contribution in [3.05, 3.63) is 71.6 Å². The summed E-state index contributed by atoms with van der Waals surface area (Å²) in [7, 11) is 0. The van der Waals surface area contributed by atoms with E-state index in [0.29, 0.717) is 17.4 Å². The number of halogens is 1. The van der Waals surface area contributed by atoms with Crippen LogP contribution in [-0.2, 0) is 17.8 Å². The number of rotatable bonds is 5. The van der Waals surface area contributed by atoms with Crippen molar-refractivity contribution < 1.29 is 4.79 Å². The van der Waals surface area contributed by atoms with Crippen molar-refractivity contribution in [1.82, 2.24) is 24.6 Å². The molecule has 0 radical (unpaired) electrons. The molecule has 0 spiro atoms. The van der Waals surface area contributed by atoms with Crippen LogP contribution in [0, 0.1) is 5.92 Å². The van der Waals surface area contributed by atoms with Crippen LogP contribution in [0.15, 0.2) is 61.1 Å². The predicted octanol–water partition coefficient (Wildman–Crippen LogP) is 4.95. The summed E-state index contributed by atoms with van der Waals surface area (Å²) in [5.41, 5.74) is 5.04. The predicted molar refractivity (Wildman–Crippen MR) is 126 cm³/mol. The van der Waals surface area contributed by atoms with Crippen LogP contribution in [0.3, 0.4) is 0 Å². The van der Waals surface area contributed by atoms with Crippen molar-refractivity contribution in [3.8, 4) is 11.3 Å². The van der Waals surface area contributed by atoms with Crippen molar-refractivity contribution >= 4 is 28.5 Å². The molecule has 1 N–H and O–H groups in total. The molecule has 0 aliphatic carbocycles. The van der Waals surface area contributed by atoms with Gasteiger partial charge < -0.3 is 9.47 Å². The van der Waals surface area contributed by atoms with E-state index >= 15 is 0 Å². The van der Waals surface area contributed by atoms with E-state index in [1.807, 2.05) is 41.4 Å². The van der Waals surface area contributed by atoms with Crippen LogP contribution in [-0.4, -0.2) is 43.6 Å². The summed E-state index contributed by atoms with van der Waals surface area (Å²) in [6, 6.07) is 13.9. The Morgan fingerprint density at radius 3 is 2.94 bits per heavy atom. The van der Waals surface area contributed by atoms with Gasteiger partial charge in [0.05, 0.1) is 29.3 Å². The smallest absolute Gasteiger partial charge is 0.226 e. The van der Waals surface area contributed by atoms with Crippen LogP contribution < -0.4 is 0 Å². The summed E-state index contributed by atoms with van der Waals surface area (Å²) in [4.78, 5) is 19.6. The molecular weight excluding hydrogens is 422 g/mol. The molecule has 1 aromatic carbocycles. The number of amides is 1. The fraction of sp³-hybridized carbons (Fsp3) is 0.320. The molecule has 1 saturated heterocycles. The second kappa shape index (κ2) is 9.17. The van der Waals surface area contributed by atoms with E-state index in [1.54, 1.807) is 6.20 Å². The van der Waals surface area contributed by atoms with E-state index < -0.39 is 0 Å². The standard InChI is InChI=1S/C25H26ClN5O/c26-21-5-1-3-19(13-21)14-25(32)30-10-2-4-18(8-11-30)17-31-12-9-23-24(31)7-6-22(29-23)20-15-27-28-16-20/h1,3,5-7,9,12-13,15-16,18H,2,4,8,10-11,14,17H2,(H,27,28). The molecule has 1 atom stereocenters. The van der Waals surface area contributed by atoms with Gasteiger partial charge in [0.15, 0.2) is 0 Å². The number of nitrogens with zero attached hydrogens (tertiary/aromatic N) is 4. The summed E-state index contributed by atoms with van der Waals surface area (Å²) >= 11 is 6.07. The van der Waals surface area contributed by atoms with Gasteiger partial charge in [-0.3, -0.25) is 9.89 Å². The topological polar surface area (TPSA) is 66.8 Å². The minimum atomic E-state index is 0.190. The molecular formula is C25H26ClN5O. The van der Waals surface area contributed by atoms with E-state index in [9.17, 15) is 4.79 Å². The highest BCUT2D eigenvalue weighted by Gasteiger charge is 2.21. The van der Waals surface area contributed by atoms with Crippen LogP contribution in [0.5, 0.6) is 0 Å². The van der Waals surface area contributed by atoms with Crippen molar-refractivity contribution in [1.29, 1.82) is 0 Å². The number of aromatic amines is 1. The molecule has 1 unspecified atom stereocenters. The van der Waals surface area contributed by atoms with Gasteiger partial charge in [-0.15, -0.1) is 0 Å². The number of hydrogen-bond donors (Lipinski definition) is 1. The van der Waals surface area contributed by atoms with Gasteiger partial charge in [-0.05, 0) is 61.1 Å².